The average Bonchev–Trinajstić information content (AvgIpc) is 2.58. The number of hydrogen-bond acceptors (Lipinski definition) is 5. The number of nitrogens with one attached hydrogen (secondary N) is 1. The Balaban J connectivity index is 1.79. The molecule has 6 nitrogen and oxygen atoms in total. The van der Waals surface area contributed by atoms with Crippen molar-refractivity contribution < 1.29 is 4.79 Å². The van der Waals surface area contributed by atoms with Crippen molar-refractivity contribution in [3.63, 3.8) is 0 Å². The Kier molecular flexibility index (Phi) is 4.99. The first-order chi connectivity index (χ1) is 11.9. The molecule has 3 rings (SSSR count). The molecule has 0 radical (unpaired) electrons. The van der Waals surface area contributed by atoms with E-state index in [0.29, 0.717) is 11.6 Å². The van der Waals surface area contributed by atoms with Crippen molar-refractivity contribution in [2.24, 2.45) is 0 Å². The maximum Gasteiger partial charge on any atom is 0.274 e. The van der Waals surface area contributed by atoms with Crippen LogP contribution in [0.5, 0.6) is 0 Å². The molecule has 1 fully saturated rings. The van der Waals surface area contributed by atoms with Crippen LogP contribution in [0.25, 0.3) is 0 Å². The van der Waals surface area contributed by atoms with Crippen molar-refractivity contribution in [3.8, 4) is 0 Å². The molecule has 25 heavy (non-hydrogen) atoms. The smallest absolute Gasteiger partial charge is 0.274 e. The van der Waals surface area contributed by atoms with Gasteiger partial charge in [0.2, 0.25) is 5.95 Å². The number of carbonyl (C=O) groups excluding carboxylic acids is 1. The number of rotatable bonds is 3. The van der Waals surface area contributed by atoms with E-state index in [0.717, 1.165) is 43.1 Å². The van der Waals surface area contributed by atoms with Crippen LogP contribution in [-0.4, -0.2) is 54.0 Å². The first kappa shape index (κ1) is 17.4. The van der Waals surface area contributed by atoms with Crippen LogP contribution in [0, 0.1) is 20.8 Å². The fourth-order valence-corrected chi connectivity index (χ4v) is 2.83. The summed E-state index contributed by atoms with van der Waals surface area (Å²) in [6.45, 7) is 9.68. The Morgan fingerprint density at radius 2 is 1.72 bits per heavy atom. The average molecular weight is 339 g/mol. The van der Waals surface area contributed by atoms with Gasteiger partial charge in [-0.15, -0.1) is 0 Å². The fraction of sp³-hybridized carbons (Fsp3) is 0.421. The van der Waals surface area contributed by atoms with E-state index >= 15 is 0 Å². The first-order valence-electron chi connectivity index (χ1n) is 8.60. The van der Waals surface area contributed by atoms with Crippen molar-refractivity contribution in [2.45, 2.75) is 20.8 Å². The normalized spacial score (nSPS) is 15.3. The summed E-state index contributed by atoms with van der Waals surface area (Å²) < 4.78 is 0. The van der Waals surface area contributed by atoms with Gasteiger partial charge in [0.05, 0.1) is 0 Å². The zero-order valence-corrected chi connectivity index (χ0v) is 15.3. The third-order valence-electron chi connectivity index (χ3n) is 4.63. The Morgan fingerprint density at radius 3 is 2.40 bits per heavy atom. The quantitative estimate of drug-likeness (QED) is 0.930. The van der Waals surface area contributed by atoms with Gasteiger partial charge in [-0.2, -0.15) is 0 Å². The van der Waals surface area contributed by atoms with Crippen LogP contribution in [0.2, 0.25) is 0 Å². The molecule has 6 heteroatoms. The van der Waals surface area contributed by atoms with Crippen molar-refractivity contribution in [1.29, 1.82) is 0 Å². The summed E-state index contributed by atoms with van der Waals surface area (Å²) in [4.78, 5) is 26.1. The van der Waals surface area contributed by atoms with Gasteiger partial charge in [-0.05, 0) is 57.1 Å². The number of amides is 1. The highest BCUT2D eigenvalue weighted by molar-refractivity contribution is 6.03. The second kappa shape index (κ2) is 7.19. The van der Waals surface area contributed by atoms with Crippen molar-refractivity contribution in [2.75, 3.05) is 43.4 Å². The second-order valence-corrected chi connectivity index (χ2v) is 6.74. The minimum Gasteiger partial charge on any atom is -0.338 e. The highest BCUT2D eigenvalue weighted by Crippen LogP contribution is 2.17. The number of anilines is 2. The summed E-state index contributed by atoms with van der Waals surface area (Å²) in [6, 6.07) is 7.63. The van der Waals surface area contributed by atoms with Crippen molar-refractivity contribution in [3.05, 3.63) is 46.8 Å². The number of hydrogen-bond donors (Lipinski definition) is 1. The number of likely N-dealkylation sites (N-methyl/N-ethyl adjacent to an activating group) is 1. The van der Waals surface area contributed by atoms with E-state index in [2.05, 4.69) is 39.1 Å². The Morgan fingerprint density at radius 1 is 1.00 bits per heavy atom. The summed E-state index contributed by atoms with van der Waals surface area (Å²) in [6.07, 6.45) is 0. The second-order valence-electron chi connectivity index (χ2n) is 6.74. The molecule has 1 aliphatic heterocycles. The number of carbonyl (C=O) groups is 1. The standard InChI is InChI=1S/C19H25N5O/c1-13-5-6-16(11-14(13)2)21-18(25)17-12-15(3)20-19(22-17)24-9-7-23(4)8-10-24/h5-6,11-12H,7-10H2,1-4H3,(H,21,25). The number of nitrogens with zero attached hydrogens (tertiary/aromatic N) is 4. The fourth-order valence-electron chi connectivity index (χ4n) is 2.83. The topological polar surface area (TPSA) is 61.4 Å². The van der Waals surface area contributed by atoms with E-state index in [1.807, 2.05) is 32.0 Å². The SMILES string of the molecule is Cc1cc(C(=O)Nc2ccc(C)c(C)c2)nc(N2CCN(C)CC2)n1. The van der Waals surface area contributed by atoms with Crippen molar-refractivity contribution in [1.82, 2.24) is 14.9 Å². The van der Waals surface area contributed by atoms with Crippen LogP contribution in [0.15, 0.2) is 24.3 Å². The van der Waals surface area contributed by atoms with E-state index in [1.54, 1.807) is 6.07 Å². The van der Waals surface area contributed by atoms with Gasteiger partial charge in [0.1, 0.15) is 5.69 Å². The minimum atomic E-state index is -0.205. The lowest BCUT2D eigenvalue weighted by atomic mass is 10.1. The van der Waals surface area contributed by atoms with E-state index in [9.17, 15) is 4.79 Å². The van der Waals surface area contributed by atoms with Crippen LogP contribution in [0.3, 0.4) is 0 Å². The molecule has 0 bridgehead atoms. The molecule has 1 amide bonds. The lowest BCUT2D eigenvalue weighted by molar-refractivity contribution is 0.102. The Hall–Kier alpha value is -2.47. The molecule has 1 saturated heterocycles. The summed E-state index contributed by atoms with van der Waals surface area (Å²) in [5.74, 6) is 0.433. The molecule has 0 saturated carbocycles. The minimum absolute atomic E-state index is 0.205. The third kappa shape index (κ3) is 4.14. The van der Waals surface area contributed by atoms with Gasteiger partial charge in [0.25, 0.3) is 5.91 Å². The molecule has 2 heterocycles. The molecular formula is C19H25N5O. The molecular weight excluding hydrogens is 314 g/mol. The van der Waals surface area contributed by atoms with Gasteiger partial charge >= 0.3 is 0 Å². The third-order valence-corrected chi connectivity index (χ3v) is 4.63. The molecule has 0 unspecified atom stereocenters. The Labute approximate surface area is 148 Å². The zero-order chi connectivity index (χ0) is 18.0. The molecule has 1 aromatic carbocycles. The summed E-state index contributed by atoms with van der Waals surface area (Å²) in [7, 11) is 2.11. The molecule has 2 aromatic rings. The van der Waals surface area contributed by atoms with Crippen molar-refractivity contribution >= 4 is 17.5 Å². The van der Waals surface area contributed by atoms with E-state index in [1.165, 1.54) is 5.56 Å². The van der Waals surface area contributed by atoms with Gasteiger partial charge in [-0.25, -0.2) is 9.97 Å². The number of aromatic nitrogens is 2. The predicted octanol–water partition coefficient (Wildman–Crippen LogP) is 2.41. The largest absolute Gasteiger partial charge is 0.338 e. The van der Waals surface area contributed by atoms with Crippen LogP contribution >= 0.6 is 0 Å². The number of piperazine rings is 1. The molecule has 132 valence electrons. The van der Waals surface area contributed by atoms with Gasteiger partial charge in [0.15, 0.2) is 0 Å². The summed E-state index contributed by atoms with van der Waals surface area (Å²) in [5.41, 5.74) is 4.34. The summed E-state index contributed by atoms with van der Waals surface area (Å²) in [5, 5.41) is 2.93. The molecule has 0 atom stereocenters. The molecule has 1 aromatic heterocycles. The number of benzene rings is 1. The van der Waals surface area contributed by atoms with Gasteiger partial charge in [-0.1, -0.05) is 6.07 Å². The van der Waals surface area contributed by atoms with Gasteiger partial charge < -0.3 is 15.1 Å². The highest BCUT2D eigenvalue weighted by atomic mass is 16.1. The number of aryl methyl sites for hydroxylation is 3. The van der Waals surface area contributed by atoms with Gasteiger partial charge in [-0.3, -0.25) is 4.79 Å². The maximum atomic E-state index is 12.6. The predicted molar refractivity (Wildman–Crippen MR) is 100 cm³/mol. The van der Waals surface area contributed by atoms with Crippen LogP contribution in [0.4, 0.5) is 11.6 Å². The molecule has 1 aliphatic rings. The van der Waals surface area contributed by atoms with Gasteiger partial charge in [0, 0.05) is 37.6 Å². The molecule has 1 N–H and O–H groups in total. The molecule has 0 aliphatic carbocycles. The highest BCUT2D eigenvalue weighted by Gasteiger charge is 2.19. The Bertz CT molecular complexity index is 781. The monoisotopic (exact) mass is 339 g/mol. The van der Waals surface area contributed by atoms with E-state index in [-0.39, 0.29) is 5.91 Å². The lowest BCUT2D eigenvalue weighted by Crippen LogP contribution is -2.45. The van der Waals surface area contributed by atoms with Crippen LogP contribution in [-0.2, 0) is 0 Å². The molecule has 0 spiro atoms. The maximum absolute atomic E-state index is 12.6. The van der Waals surface area contributed by atoms with Crippen LogP contribution < -0.4 is 10.2 Å². The lowest BCUT2D eigenvalue weighted by Gasteiger charge is -2.32. The first-order valence-corrected chi connectivity index (χ1v) is 8.60. The van der Waals surface area contributed by atoms with E-state index in [4.69, 9.17) is 0 Å². The zero-order valence-electron chi connectivity index (χ0n) is 15.3. The van der Waals surface area contributed by atoms with Crippen LogP contribution in [0.1, 0.15) is 27.3 Å². The van der Waals surface area contributed by atoms with E-state index < -0.39 is 0 Å². The summed E-state index contributed by atoms with van der Waals surface area (Å²) >= 11 is 0.